The van der Waals surface area contributed by atoms with Crippen molar-refractivity contribution in [2.24, 2.45) is 11.8 Å². The fourth-order valence-electron chi connectivity index (χ4n) is 7.58. The third kappa shape index (κ3) is 5.12. The highest BCUT2D eigenvalue weighted by molar-refractivity contribution is 8.02. The minimum atomic E-state index is -0.922. The Bertz CT molecular complexity index is 1410. The maximum Gasteiger partial charge on any atom is 0.247 e. The molecule has 1 N–H and O–H groups in total. The maximum absolute atomic E-state index is 14.8. The molecule has 8 heteroatoms. The number of hydrogen-bond acceptors (Lipinski definition) is 5. The van der Waals surface area contributed by atoms with Gasteiger partial charge in [-0.15, -0.1) is 11.8 Å². The van der Waals surface area contributed by atoms with Crippen LogP contribution < -0.4 is 0 Å². The molecule has 0 saturated carbocycles. The summed E-state index contributed by atoms with van der Waals surface area (Å²) in [6.45, 7) is 5.88. The smallest absolute Gasteiger partial charge is 0.247 e. The summed E-state index contributed by atoms with van der Waals surface area (Å²) in [7, 11) is 0. The molecule has 1 spiro atoms. The number of unbranched alkanes of at least 4 members (excludes halogenated alkanes) is 1. The molecule has 2 saturated heterocycles. The van der Waals surface area contributed by atoms with Gasteiger partial charge in [0.15, 0.2) is 0 Å². The zero-order chi connectivity index (χ0) is 30.2. The summed E-state index contributed by atoms with van der Waals surface area (Å²) in [6.07, 6.45) is 10.5. The number of benzene rings is 2. The van der Waals surface area contributed by atoms with Gasteiger partial charge in [0, 0.05) is 30.9 Å². The number of hydrogen-bond donors (Lipinski definition) is 1. The van der Waals surface area contributed by atoms with Crippen molar-refractivity contribution in [1.29, 1.82) is 0 Å². The summed E-state index contributed by atoms with van der Waals surface area (Å²) in [5.41, 5.74) is 2.02. The molecule has 7 nitrogen and oxygen atoms in total. The quantitative estimate of drug-likeness (QED) is 0.440. The van der Waals surface area contributed by atoms with Gasteiger partial charge in [-0.05, 0) is 30.9 Å². The summed E-state index contributed by atoms with van der Waals surface area (Å²) >= 11 is 1.60. The van der Waals surface area contributed by atoms with Gasteiger partial charge in [-0.3, -0.25) is 14.4 Å². The average Bonchev–Trinajstić information content (AvgIpc) is 3.30. The van der Waals surface area contributed by atoms with E-state index in [0.29, 0.717) is 32.6 Å². The van der Waals surface area contributed by atoms with E-state index in [1.807, 2.05) is 82.6 Å². The van der Waals surface area contributed by atoms with Gasteiger partial charge in [0.2, 0.25) is 17.7 Å². The number of thioether (sulfide) groups is 1. The molecule has 3 amide bonds. The van der Waals surface area contributed by atoms with E-state index in [0.717, 1.165) is 24.0 Å². The van der Waals surface area contributed by atoms with Gasteiger partial charge < -0.3 is 19.8 Å². The second-order valence-electron chi connectivity index (χ2n) is 12.4. The van der Waals surface area contributed by atoms with E-state index in [-0.39, 0.29) is 24.3 Å². The van der Waals surface area contributed by atoms with Crippen LogP contribution in [0.25, 0.3) is 0 Å². The molecule has 0 bridgehead atoms. The first kappa shape index (κ1) is 29.7. The number of carbonyl (C=O) groups is 3. The van der Waals surface area contributed by atoms with Gasteiger partial charge in [-0.2, -0.15) is 0 Å². The number of amides is 3. The first-order valence-corrected chi connectivity index (χ1v) is 16.3. The number of fused-ring (bicyclic) bond motifs is 2. The normalized spacial score (nSPS) is 30.6. The second kappa shape index (κ2) is 12.0. The lowest BCUT2D eigenvalue weighted by molar-refractivity contribution is -0.147. The van der Waals surface area contributed by atoms with Crippen molar-refractivity contribution in [3.63, 3.8) is 0 Å². The number of carbonyl (C=O) groups excluding carboxylic acids is 3. The summed E-state index contributed by atoms with van der Waals surface area (Å²) in [5, 5.41) is 10.7. The minimum absolute atomic E-state index is 0.0591. The zero-order valence-corrected chi connectivity index (χ0v) is 25.8. The van der Waals surface area contributed by atoms with Gasteiger partial charge >= 0.3 is 0 Å². The molecule has 2 aromatic carbocycles. The van der Waals surface area contributed by atoms with Crippen LogP contribution in [-0.4, -0.2) is 85.3 Å². The van der Waals surface area contributed by atoms with Crippen molar-refractivity contribution in [3.05, 3.63) is 96.1 Å². The van der Waals surface area contributed by atoms with E-state index >= 15 is 0 Å². The third-order valence-corrected chi connectivity index (χ3v) is 11.4. The molecule has 6 rings (SSSR count). The van der Waals surface area contributed by atoms with Gasteiger partial charge in [0.1, 0.15) is 6.04 Å². The zero-order valence-electron chi connectivity index (χ0n) is 25.0. The Hall–Kier alpha value is -3.36. The van der Waals surface area contributed by atoms with E-state index in [1.165, 1.54) is 0 Å². The van der Waals surface area contributed by atoms with E-state index < -0.39 is 33.4 Å². The van der Waals surface area contributed by atoms with Crippen LogP contribution in [-0.2, 0) is 27.3 Å². The second-order valence-corrected chi connectivity index (χ2v) is 14.2. The molecule has 0 aliphatic carbocycles. The summed E-state index contributed by atoms with van der Waals surface area (Å²) < 4.78 is -1.58. The van der Waals surface area contributed by atoms with Crippen LogP contribution in [0, 0.1) is 11.8 Å². The predicted octanol–water partition coefficient (Wildman–Crippen LogP) is 4.07. The Labute approximate surface area is 258 Å². The summed E-state index contributed by atoms with van der Waals surface area (Å²) in [6, 6.07) is 18.3. The van der Waals surface area contributed by atoms with Crippen molar-refractivity contribution >= 4 is 29.5 Å². The first-order chi connectivity index (χ1) is 20.8. The predicted molar refractivity (Wildman–Crippen MR) is 169 cm³/mol. The van der Waals surface area contributed by atoms with Crippen LogP contribution in [0.15, 0.2) is 85.0 Å². The van der Waals surface area contributed by atoms with Crippen molar-refractivity contribution in [3.8, 4) is 0 Å². The lowest BCUT2D eigenvalue weighted by atomic mass is 9.74. The van der Waals surface area contributed by atoms with E-state index in [1.54, 1.807) is 16.7 Å². The Morgan fingerprint density at radius 1 is 0.860 bits per heavy atom. The van der Waals surface area contributed by atoms with E-state index in [2.05, 4.69) is 26.0 Å². The standard InChI is InChI=1S/C35H41N3O4S/c1-3-4-19-36-20-12-18-35-29(32(41)38(30(35)33(36)42)27(24-39)22-25-13-7-5-8-14-25)28-31(40)37(21-11-17-34(28,2)43-35)23-26-15-9-6-10-16-26/h5-18,27-30,39H,3-4,19-24H2,1-2H3/t27-,28-,29+,30?,34+,35+/m1/s1. The Morgan fingerprint density at radius 2 is 1.51 bits per heavy atom. The highest BCUT2D eigenvalue weighted by atomic mass is 32.2. The fraction of sp³-hybridized carbons (Fsp3) is 0.457. The molecule has 4 heterocycles. The van der Waals surface area contributed by atoms with Gasteiger partial charge in [-0.25, -0.2) is 0 Å². The monoisotopic (exact) mass is 599 g/mol. The van der Waals surface area contributed by atoms with Crippen LogP contribution >= 0.6 is 11.8 Å². The number of likely N-dealkylation sites (tertiary alicyclic amines) is 1. The summed E-state index contributed by atoms with van der Waals surface area (Å²) in [4.78, 5) is 49.3. The van der Waals surface area contributed by atoms with Crippen molar-refractivity contribution in [1.82, 2.24) is 14.7 Å². The van der Waals surface area contributed by atoms with E-state index in [4.69, 9.17) is 0 Å². The van der Waals surface area contributed by atoms with Gasteiger partial charge in [-0.1, -0.05) is 98.3 Å². The number of rotatable bonds is 9. The van der Waals surface area contributed by atoms with Crippen molar-refractivity contribution in [2.75, 3.05) is 26.2 Å². The summed E-state index contributed by atoms with van der Waals surface area (Å²) in [5.74, 6) is -1.73. The van der Waals surface area contributed by atoms with Crippen LogP contribution in [0.4, 0.5) is 0 Å². The lowest BCUT2D eigenvalue weighted by Crippen LogP contribution is -2.57. The highest BCUT2D eigenvalue weighted by Crippen LogP contribution is 2.65. The lowest BCUT2D eigenvalue weighted by Gasteiger charge is -2.40. The van der Waals surface area contributed by atoms with Crippen molar-refractivity contribution < 1.29 is 19.5 Å². The molecule has 6 atom stereocenters. The van der Waals surface area contributed by atoms with Gasteiger partial charge in [0.25, 0.3) is 0 Å². The molecular formula is C35H41N3O4S. The Balaban J connectivity index is 1.43. The minimum Gasteiger partial charge on any atom is -0.394 e. The molecule has 4 aliphatic rings. The van der Waals surface area contributed by atoms with Crippen LogP contribution in [0.1, 0.15) is 37.8 Å². The molecule has 4 aliphatic heterocycles. The topological polar surface area (TPSA) is 81.2 Å². The molecule has 2 fully saturated rings. The van der Waals surface area contributed by atoms with Crippen LogP contribution in [0.3, 0.4) is 0 Å². The third-order valence-electron chi connectivity index (χ3n) is 9.58. The fourth-order valence-corrected chi connectivity index (χ4v) is 9.73. The molecule has 0 aromatic heterocycles. The molecule has 2 aromatic rings. The maximum atomic E-state index is 14.8. The Kier molecular flexibility index (Phi) is 8.26. The van der Waals surface area contributed by atoms with Crippen molar-refractivity contribution in [2.45, 2.75) is 61.2 Å². The molecule has 0 radical (unpaired) electrons. The van der Waals surface area contributed by atoms with Crippen LogP contribution in [0.5, 0.6) is 0 Å². The molecule has 1 unspecified atom stereocenters. The average molecular weight is 600 g/mol. The number of aliphatic hydroxyl groups is 1. The SMILES string of the molecule is CCCCN1CC=C[C@]23S[C@@]4(C)C=CCN(Cc5ccccc5)C(=O)[C@H]4[C@H]2C(=O)N([C@@H](CO)Cc2ccccc2)C3C1=O. The van der Waals surface area contributed by atoms with Gasteiger partial charge in [0.05, 0.1) is 29.2 Å². The van der Waals surface area contributed by atoms with E-state index in [9.17, 15) is 19.5 Å². The first-order valence-electron chi connectivity index (χ1n) is 15.5. The number of nitrogens with zero attached hydrogens (tertiary/aromatic N) is 3. The molecule has 43 heavy (non-hydrogen) atoms. The van der Waals surface area contributed by atoms with Crippen LogP contribution in [0.2, 0.25) is 0 Å². The Morgan fingerprint density at radius 3 is 2.19 bits per heavy atom. The largest absolute Gasteiger partial charge is 0.394 e. The molecular weight excluding hydrogens is 558 g/mol. The highest BCUT2D eigenvalue weighted by Gasteiger charge is 2.74. The number of aliphatic hydroxyl groups excluding tert-OH is 1. The molecule has 226 valence electrons.